The van der Waals surface area contributed by atoms with Crippen LogP contribution in [0.3, 0.4) is 0 Å². The lowest BCUT2D eigenvalue weighted by Gasteiger charge is -2.00. The highest BCUT2D eigenvalue weighted by atomic mass is 16.3. The number of hydrogen-bond donors (Lipinski definition) is 1. The average molecular weight is 190 g/mol. The van der Waals surface area contributed by atoms with Crippen LogP contribution in [0.4, 0.5) is 0 Å². The van der Waals surface area contributed by atoms with Gasteiger partial charge in [0.25, 0.3) is 0 Å². The molecule has 0 spiro atoms. The zero-order valence-electron chi connectivity index (χ0n) is 7.55. The number of aromatic nitrogens is 3. The molecule has 2 aromatic rings. The number of nitrogens with zero attached hydrogens (tertiary/aromatic N) is 3. The van der Waals surface area contributed by atoms with Crippen LogP contribution in [0.2, 0.25) is 0 Å². The van der Waals surface area contributed by atoms with Crippen LogP contribution in [-0.4, -0.2) is 15.0 Å². The molecule has 1 N–H and O–H groups in total. The molecule has 0 bridgehead atoms. The molecule has 0 saturated heterocycles. The number of oxazole rings is 1. The van der Waals surface area contributed by atoms with Gasteiger partial charge < -0.3 is 9.73 Å². The molecule has 14 heavy (non-hydrogen) atoms. The maximum Gasteiger partial charge on any atom is 0.180 e. The quantitative estimate of drug-likeness (QED) is 0.770. The van der Waals surface area contributed by atoms with E-state index in [9.17, 15) is 0 Å². The second-order valence-corrected chi connectivity index (χ2v) is 2.77. The second-order valence-electron chi connectivity index (χ2n) is 2.77. The van der Waals surface area contributed by atoms with Gasteiger partial charge in [0.1, 0.15) is 12.1 Å². The van der Waals surface area contributed by atoms with Crippen LogP contribution >= 0.6 is 0 Å². The van der Waals surface area contributed by atoms with Crippen LogP contribution in [-0.2, 0) is 13.1 Å². The van der Waals surface area contributed by atoms with E-state index in [0.29, 0.717) is 13.1 Å². The minimum Gasteiger partial charge on any atom is -0.447 e. The monoisotopic (exact) mass is 190 g/mol. The average Bonchev–Trinajstić information content (AvgIpc) is 2.72. The van der Waals surface area contributed by atoms with E-state index in [1.807, 2.05) is 6.07 Å². The Morgan fingerprint density at radius 2 is 2.29 bits per heavy atom. The molecule has 0 aliphatic heterocycles. The molecule has 0 aliphatic carbocycles. The summed E-state index contributed by atoms with van der Waals surface area (Å²) in [4.78, 5) is 11.7. The zero-order chi connectivity index (χ0) is 9.64. The Kier molecular flexibility index (Phi) is 2.82. The van der Waals surface area contributed by atoms with Crippen LogP contribution in [0.1, 0.15) is 11.5 Å². The van der Waals surface area contributed by atoms with E-state index in [4.69, 9.17) is 4.42 Å². The van der Waals surface area contributed by atoms with Crippen molar-refractivity contribution in [1.82, 2.24) is 20.3 Å². The SMILES string of the molecule is c1cc(CNCc2cnco2)ncn1. The van der Waals surface area contributed by atoms with Crippen molar-refractivity contribution in [1.29, 1.82) is 0 Å². The molecule has 5 nitrogen and oxygen atoms in total. The molecule has 0 saturated carbocycles. The summed E-state index contributed by atoms with van der Waals surface area (Å²) < 4.78 is 5.07. The van der Waals surface area contributed by atoms with Crippen molar-refractivity contribution < 1.29 is 4.42 Å². The molecule has 72 valence electrons. The van der Waals surface area contributed by atoms with Gasteiger partial charge in [0.2, 0.25) is 0 Å². The molecule has 2 heterocycles. The molecule has 2 rings (SSSR count). The maximum absolute atomic E-state index is 5.07. The predicted octanol–water partition coefficient (Wildman–Crippen LogP) is 0.754. The van der Waals surface area contributed by atoms with Crippen molar-refractivity contribution in [2.75, 3.05) is 0 Å². The summed E-state index contributed by atoms with van der Waals surface area (Å²) in [7, 11) is 0. The Hall–Kier alpha value is -1.75. The molecule has 0 radical (unpaired) electrons. The summed E-state index contributed by atoms with van der Waals surface area (Å²) in [5, 5.41) is 3.18. The first-order valence-corrected chi connectivity index (χ1v) is 4.28. The number of nitrogens with one attached hydrogen (secondary N) is 1. The minimum atomic E-state index is 0.657. The van der Waals surface area contributed by atoms with Crippen molar-refractivity contribution in [2.24, 2.45) is 0 Å². The Morgan fingerprint density at radius 1 is 1.29 bits per heavy atom. The Bertz CT molecular complexity index is 360. The lowest BCUT2D eigenvalue weighted by atomic mass is 10.4. The predicted molar refractivity (Wildman–Crippen MR) is 49.1 cm³/mol. The topological polar surface area (TPSA) is 63.8 Å². The Morgan fingerprint density at radius 3 is 3.00 bits per heavy atom. The third kappa shape index (κ3) is 2.37. The van der Waals surface area contributed by atoms with E-state index in [-0.39, 0.29) is 0 Å². The summed E-state index contributed by atoms with van der Waals surface area (Å²) in [5.41, 5.74) is 0.958. The zero-order valence-corrected chi connectivity index (χ0v) is 7.55. The lowest BCUT2D eigenvalue weighted by Crippen LogP contribution is -2.13. The van der Waals surface area contributed by atoms with Crippen LogP contribution in [0, 0.1) is 0 Å². The van der Waals surface area contributed by atoms with Gasteiger partial charge in [-0.05, 0) is 6.07 Å². The molecule has 0 amide bonds. The van der Waals surface area contributed by atoms with Crippen molar-refractivity contribution in [3.05, 3.63) is 42.6 Å². The molecule has 0 aliphatic rings. The van der Waals surface area contributed by atoms with Gasteiger partial charge in [0, 0.05) is 12.7 Å². The fourth-order valence-corrected chi connectivity index (χ4v) is 1.07. The fourth-order valence-electron chi connectivity index (χ4n) is 1.07. The van der Waals surface area contributed by atoms with Crippen molar-refractivity contribution in [3.63, 3.8) is 0 Å². The molecular formula is C9H10N4O. The molecule has 0 unspecified atom stereocenters. The van der Waals surface area contributed by atoms with Gasteiger partial charge in [-0.1, -0.05) is 0 Å². The number of hydrogen-bond acceptors (Lipinski definition) is 5. The Balaban J connectivity index is 1.79. The smallest absolute Gasteiger partial charge is 0.180 e. The van der Waals surface area contributed by atoms with Crippen LogP contribution in [0.15, 0.2) is 35.6 Å². The normalized spacial score (nSPS) is 10.3. The van der Waals surface area contributed by atoms with E-state index in [1.165, 1.54) is 12.7 Å². The Labute approximate surface area is 81.2 Å². The molecule has 0 atom stereocenters. The van der Waals surface area contributed by atoms with Crippen molar-refractivity contribution in [3.8, 4) is 0 Å². The minimum absolute atomic E-state index is 0.657. The fraction of sp³-hybridized carbons (Fsp3) is 0.222. The van der Waals surface area contributed by atoms with Crippen LogP contribution in [0.25, 0.3) is 0 Å². The first kappa shape index (κ1) is 8.83. The summed E-state index contributed by atoms with van der Waals surface area (Å²) in [6.45, 7) is 1.35. The second kappa shape index (κ2) is 4.48. The van der Waals surface area contributed by atoms with Crippen molar-refractivity contribution >= 4 is 0 Å². The van der Waals surface area contributed by atoms with Crippen molar-refractivity contribution in [2.45, 2.75) is 13.1 Å². The number of rotatable bonds is 4. The van der Waals surface area contributed by atoms with Gasteiger partial charge in [0.05, 0.1) is 18.4 Å². The van der Waals surface area contributed by atoms with E-state index in [1.54, 1.807) is 12.4 Å². The first-order chi connectivity index (χ1) is 6.95. The third-order valence-corrected chi connectivity index (χ3v) is 1.73. The van der Waals surface area contributed by atoms with Gasteiger partial charge in [-0.15, -0.1) is 0 Å². The highest BCUT2D eigenvalue weighted by molar-refractivity contribution is 4.97. The van der Waals surface area contributed by atoms with E-state index >= 15 is 0 Å². The van der Waals surface area contributed by atoms with Gasteiger partial charge >= 0.3 is 0 Å². The van der Waals surface area contributed by atoms with Gasteiger partial charge in [-0.25, -0.2) is 15.0 Å². The van der Waals surface area contributed by atoms with E-state index in [0.717, 1.165) is 11.5 Å². The van der Waals surface area contributed by atoms with Crippen LogP contribution in [0.5, 0.6) is 0 Å². The lowest BCUT2D eigenvalue weighted by molar-refractivity contribution is 0.478. The molecule has 0 aromatic carbocycles. The van der Waals surface area contributed by atoms with E-state index < -0.39 is 0 Å². The molecular weight excluding hydrogens is 180 g/mol. The summed E-state index contributed by atoms with van der Waals surface area (Å²) >= 11 is 0. The highest BCUT2D eigenvalue weighted by Crippen LogP contribution is 1.96. The molecule has 5 heteroatoms. The summed E-state index contributed by atoms with van der Waals surface area (Å²) in [6.07, 6.45) is 6.36. The van der Waals surface area contributed by atoms with E-state index in [2.05, 4.69) is 20.3 Å². The van der Waals surface area contributed by atoms with Gasteiger partial charge in [-0.3, -0.25) is 0 Å². The van der Waals surface area contributed by atoms with Crippen LogP contribution < -0.4 is 5.32 Å². The molecule has 2 aromatic heterocycles. The standard InChI is InChI=1S/C9H10N4O/c1-2-10-6-13-8(1)3-11-4-9-5-12-7-14-9/h1-2,5-7,11H,3-4H2. The highest BCUT2D eigenvalue weighted by Gasteiger charge is 1.96. The third-order valence-electron chi connectivity index (χ3n) is 1.73. The maximum atomic E-state index is 5.07. The summed E-state index contributed by atoms with van der Waals surface area (Å²) in [6, 6.07) is 1.87. The first-order valence-electron chi connectivity index (χ1n) is 4.28. The van der Waals surface area contributed by atoms with Gasteiger partial charge in [0.15, 0.2) is 6.39 Å². The summed E-state index contributed by atoms with van der Waals surface area (Å²) in [5.74, 6) is 0.819. The largest absolute Gasteiger partial charge is 0.447 e. The molecule has 0 fully saturated rings. The van der Waals surface area contributed by atoms with Gasteiger partial charge in [-0.2, -0.15) is 0 Å².